The highest BCUT2D eigenvalue weighted by Gasteiger charge is 2.11. The van der Waals surface area contributed by atoms with Crippen LogP contribution in [0.1, 0.15) is 0 Å². The number of nitrogen functional groups attached to an aromatic ring is 1. The quantitative estimate of drug-likeness (QED) is 0.447. The molecule has 0 aliphatic rings. The van der Waals surface area contributed by atoms with E-state index < -0.39 is 0 Å². The van der Waals surface area contributed by atoms with Gasteiger partial charge in [-0.05, 0) is 63.4 Å². The summed E-state index contributed by atoms with van der Waals surface area (Å²) in [6, 6.07) is 5.85. The van der Waals surface area contributed by atoms with E-state index in [1.807, 2.05) is 35.3 Å². The van der Waals surface area contributed by atoms with Gasteiger partial charge in [0, 0.05) is 28.9 Å². The highest BCUT2D eigenvalue weighted by molar-refractivity contribution is 14.1. The predicted octanol–water partition coefficient (Wildman–Crippen LogP) is 3.21. The van der Waals surface area contributed by atoms with Gasteiger partial charge in [-0.25, -0.2) is 4.98 Å². The van der Waals surface area contributed by atoms with Crippen molar-refractivity contribution in [3.05, 3.63) is 44.3 Å². The first-order chi connectivity index (χ1) is 8.68. The molecular weight excluding hydrogens is 454 g/mol. The van der Waals surface area contributed by atoms with Crippen molar-refractivity contribution in [3.8, 4) is 5.69 Å². The molecule has 90 valence electrons. The lowest BCUT2D eigenvalue weighted by Crippen LogP contribution is -1.98. The van der Waals surface area contributed by atoms with E-state index in [0.29, 0.717) is 0 Å². The van der Waals surface area contributed by atoms with Crippen molar-refractivity contribution in [2.75, 3.05) is 5.73 Å². The van der Waals surface area contributed by atoms with Crippen LogP contribution in [-0.4, -0.2) is 14.5 Å². The van der Waals surface area contributed by atoms with E-state index in [1.54, 1.807) is 6.20 Å². The van der Waals surface area contributed by atoms with Gasteiger partial charge in [0.15, 0.2) is 0 Å². The molecule has 0 bridgehead atoms. The van der Waals surface area contributed by atoms with Gasteiger partial charge in [-0.15, -0.1) is 0 Å². The Morgan fingerprint density at radius 3 is 2.67 bits per heavy atom. The Labute approximate surface area is 131 Å². The molecule has 6 heteroatoms. The Morgan fingerprint density at radius 1 is 1.11 bits per heavy atom. The van der Waals surface area contributed by atoms with Crippen molar-refractivity contribution in [2.45, 2.75) is 0 Å². The summed E-state index contributed by atoms with van der Waals surface area (Å²) >= 11 is 4.51. The molecule has 0 fully saturated rings. The molecule has 0 saturated heterocycles. The molecule has 0 aliphatic carbocycles. The number of rotatable bonds is 1. The van der Waals surface area contributed by atoms with E-state index in [4.69, 9.17) is 5.73 Å². The molecule has 2 aromatic heterocycles. The number of aromatic nitrogens is 3. The minimum atomic E-state index is 0.765. The third-order valence-corrected chi connectivity index (χ3v) is 5.61. The summed E-state index contributed by atoms with van der Waals surface area (Å²) in [6.45, 7) is 0. The third-order valence-electron chi connectivity index (χ3n) is 2.76. The minimum absolute atomic E-state index is 0.765. The number of hydrogen-bond acceptors (Lipinski definition) is 3. The fourth-order valence-corrected chi connectivity index (χ4v) is 2.80. The maximum atomic E-state index is 5.99. The van der Waals surface area contributed by atoms with Crippen molar-refractivity contribution in [2.24, 2.45) is 0 Å². The maximum Gasteiger partial charge on any atom is 0.133 e. The summed E-state index contributed by atoms with van der Waals surface area (Å²) < 4.78 is 4.12. The van der Waals surface area contributed by atoms with Crippen LogP contribution in [0, 0.1) is 7.40 Å². The predicted molar refractivity (Wildman–Crippen MR) is 88.7 cm³/mol. The van der Waals surface area contributed by atoms with Gasteiger partial charge >= 0.3 is 0 Å². The number of halogens is 2. The smallest absolute Gasteiger partial charge is 0.133 e. The SMILES string of the molecule is Nc1ccc(-n2cnc(I)c2I)c2cnccc12. The Morgan fingerprint density at radius 2 is 1.94 bits per heavy atom. The van der Waals surface area contributed by atoms with Gasteiger partial charge in [0.25, 0.3) is 0 Å². The largest absolute Gasteiger partial charge is 0.398 e. The lowest BCUT2D eigenvalue weighted by molar-refractivity contribution is 1.04. The zero-order valence-electron chi connectivity index (χ0n) is 9.14. The highest BCUT2D eigenvalue weighted by atomic mass is 127. The molecule has 4 nitrogen and oxygen atoms in total. The molecule has 0 unspecified atom stereocenters. The summed E-state index contributed by atoms with van der Waals surface area (Å²) in [5, 5.41) is 2.05. The van der Waals surface area contributed by atoms with Crippen molar-refractivity contribution in [1.29, 1.82) is 0 Å². The first-order valence-electron chi connectivity index (χ1n) is 5.19. The van der Waals surface area contributed by atoms with Crippen LogP contribution in [0.4, 0.5) is 5.69 Å². The highest BCUT2D eigenvalue weighted by Crippen LogP contribution is 2.28. The molecule has 0 atom stereocenters. The Hall–Kier alpha value is -0.900. The van der Waals surface area contributed by atoms with Gasteiger partial charge in [-0.2, -0.15) is 0 Å². The van der Waals surface area contributed by atoms with Crippen LogP contribution >= 0.6 is 45.2 Å². The van der Waals surface area contributed by atoms with Gasteiger partial charge in [0.2, 0.25) is 0 Å². The number of pyridine rings is 1. The lowest BCUT2D eigenvalue weighted by Gasteiger charge is -2.10. The summed E-state index contributed by atoms with van der Waals surface area (Å²) in [7, 11) is 0. The molecule has 0 radical (unpaired) electrons. The molecule has 3 aromatic rings. The second-order valence-corrected chi connectivity index (χ2v) is 5.83. The van der Waals surface area contributed by atoms with E-state index >= 15 is 0 Å². The Kier molecular flexibility index (Phi) is 3.14. The molecule has 3 rings (SSSR count). The van der Waals surface area contributed by atoms with Gasteiger partial charge < -0.3 is 5.73 Å². The number of fused-ring (bicyclic) bond motifs is 1. The molecule has 2 heterocycles. The first kappa shape index (κ1) is 12.2. The van der Waals surface area contributed by atoms with Crippen LogP contribution in [-0.2, 0) is 0 Å². The average Bonchev–Trinajstić information content (AvgIpc) is 2.71. The minimum Gasteiger partial charge on any atom is -0.398 e. The third kappa shape index (κ3) is 1.87. The number of nitrogens with zero attached hydrogens (tertiary/aromatic N) is 3. The van der Waals surface area contributed by atoms with Crippen LogP contribution < -0.4 is 5.73 Å². The zero-order chi connectivity index (χ0) is 12.7. The Bertz CT molecular complexity index is 736. The first-order valence-corrected chi connectivity index (χ1v) is 7.35. The van der Waals surface area contributed by atoms with Crippen molar-refractivity contribution >= 4 is 61.6 Å². The monoisotopic (exact) mass is 462 g/mol. The molecule has 0 saturated carbocycles. The van der Waals surface area contributed by atoms with Gasteiger partial charge in [0.05, 0.1) is 5.69 Å². The van der Waals surface area contributed by atoms with Crippen molar-refractivity contribution < 1.29 is 0 Å². The molecule has 0 aliphatic heterocycles. The second-order valence-electron chi connectivity index (χ2n) is 3.79. The van der Waals surface area contributed by atoms with Crippen molar-refractivity contribution in [1.82, 2.24) is 14.5 Å². The van der Waals surface area contributed by atoms with Crippen LogP contribution in [0.25, 0.3) is 16.5 Å². The molecular formula is C12H8I2N4. The van der Waals surface area contributed by atoms with Crippen LogP contribution in [0.5, 0.6) is 0 Å². The molecule has 18 heavy (non-hydrogen) atoms. The zero-order valence-corrected chi connectivity index (χ0v) is 13.5. The summed E-state index contributed by atoms with van der Waals surface area (Å²) in [4.78, 5) is 8.50. The normalized spacial score (nSPS) is 11.0. The van der Waals surface area contributed by atoms with E-state index in [1.165, 1.54) is 0 Å². The van der Waals surface area contributed by atoms with E-state index in [2.05, 4.69) is 55.1 Å². The number of nitrogens with two attached hydrogens (primary N) is 1. The van der Waals surface area contributed by atoms with Crippen LogP contribution in [0.3, 0.4) is 0 Å². The van der Waals surface area contributed by atoms with Gasteiger partial charge in [-0.3, -0.25) is 9.55 Å². The van der Waals surface area contributed by atoms with E-state index in [-0.39, 0.29) is 0 Å². The van der Waals surface area contributed by atoms with E-state index in [9.17, 15) is 0 Å². The van der Waals surface area contributed by atoms with Crippen LogP contribution in [0.2, 0.25) is 0 Å². The maximum absolute atomic E-state index is 5.99. The molecule has 1 aromatic carbocycles. The van der Waals surface area contributed by atoms with Crippen molar-refractivity contribution in [3.63, 3.8) is 0 Å². The summed E-state index contributed by atoms with van der Waals surface area (Å²) in [5.41, 5.74) is 7.80. The fraction of sp³-hybridized carbons (Fsp3) is 0. The fourth-order valence-electron chi connectivity index (χ4n) is 1.89. The standard InChI is InChI=1S/C12H8I2N4/c13-11-12(14)18(6-17-11)10-2-1-9(15)7-3-4-16-5-8(7)10/h1-6H,15H2. The molecule has 0 amide bonds. The van der Waals surface area contributed by atoms with Gasteiger partial charge in [0.1, 0.15) is 13.7 Å². The molecule has 2 N–H and O–H groups in total. The number of benzene rings is 1. The summed E-state index contributed by atoms with van der Waals surface area (Å²) in [5.74, 6) is 0. The topological polar surface area (TPSA) is 56.7 Å². The van der Waals surface area contributed by atoms with Gasteiger partial charge in [-0.1, -0.05) is 0 Å². The van der Waals surface area contributed by atoms with Crippen LogP contribution in [0.15, 0.2) is 36.9 Å². The average molecular weight is 462 g/mol. The Balaban J connectivity index is 2.37. The van der Waals surface area contributed by atoms with E-state index in [0.717, 1.165) is 29.5 Å². The molecule has 0 spiro atoms. The summed E-state index contributed by atoms with van der Waals surface area (Å²) in [6.07, 6.45) is 5.41. The lowest BCUT2D eigenvalue weighted by atomic mass is 10.1. The number of anilines is 1. The number of imidazole rings is 1. The second kappa shape index (κ2) is 4.65. The number of hydrogen-bond donors (Lipinski definition) is 1.